The van der Waals surface area contributed by atoms with Crippen molar-refractivity contribution in [3.05, 3.63) is 11.6 Å². The third kappa shape index (κ3) is 2.23. The summed E-state index contributed by atoms with van der Waals surface area (Å²) in [6, 6.07) is 0. The van der Waals surface area contributed by atoms with Crippen molar-refractivity contribution < 1.29 is 9.90 Å². The molecule has 1 fully saturated rings. The Hall–Kier alpha value is -1.47. The lowest BCUT2D eigenvalue weighted by Gasteiger charge is -2.21. The largest absolute Gasteiger partial charge is 0.480 e. The van der Waals surface area contributed by atoms with Gasteiger partial charge in [-0.05, 0) is 19.3 Å². The number of carbonyl (C=O) groups is 1. The summed E-state index contributed by atoms with van der Waals surface area (Å²) in [5, 5.41) is 17.6. The molecular weight excluding hydrogens is 246 g/mol. The maximum atomic E-state index is 11.1. The quantitative estimate of drug-likeness (QED) is 0.772. The van der Waals surface area contributed by atoms with Crippen LogP contribution in [0.15, 0.2) is 0 Å². The van der Waals surface area contributed by atoms with E-state index in [-0.39, 0.29) is 0 Å². The second-order valence-electron chi connectivity index (χ2n) is 5.56. The van der Waals surface area contributed by atoms with Gasteiger partial charge in [-0.2, -0.15) is 0 Å². The highest BCUT2D eigenvalue weighted by molar-refractivity contribution is 5.79. The predicted octanol–water partition coefficient (Wildman–Crippen LogP) is -0.398. The molecule has 2 aliphatic heterocycles. The van der Waals surface area contributed by atoms with E-state index in [1.807, 2.05) is 0 Å². The standard InChI is InChI=1S/C12H19N5O2/c13-12(11(18)19)4-6-16(8-12)7-10-15-14-9-3-1-2-5-17(9)10/h1-8,13H2,(H,18,19). The summed E-state index contributed by atoms with van der Waals surface area (Å²) < 4.78 is 2.17. The highest BCUT2D eigenvalue weighted by atomic mass is 16.4. The number of aryl methyl sites for hydroxylation is 1. The van der Waals surface area contributed by atoms with Gasteiger partial charge in [-0.3, -0.25) is 9.69 Å². The van der Waals surface area contributed by atoms with Crippen LogP contribution in [-0.2, 0) is 24.3 Å². The zero-order chi connectivity index (χ0) is 13.5. The van der Waals surface area contributed by atoms with E-state index in [2.05, 4.69) is 19.7 Å². The van der Waals surface area contributed by atoms with Gasteiger partial charge in [0.25, 0.3) is 0 Å². The normalized spacial score (nSPS) is 27.4. The Morgan fingerprint density at radius 3 is 2.95 bits per heavy atom. The van der Waals surface area contributed by atoms with Crippen LogP contribution < -0.4 is 5.73 Å². The van der Waals surface area contributed by atoms with Crippen molar-refractivity contribution in [2.45, 2.75) is 44.3 Å². The monoisotopic (exact) mass is 265 g/mol. The lowest BCUT2D eigenvalue weighted by atomic mass is 10.0. The first-order valence-electron chi connectivity index (χ1n) is 6.74. The Kier molecular flexibility index (Phi) is 3.02. The Balaban J connectivity index is 1.70. The second-order valence-corrected chi connectivity index (χ2v) is 5.56. The van der Waals surface area contributed by atoms with Gasteiger partial charge < -0.3 is 15.4 Å². The number of nitrogens with two attached hydrogens (primary N) is 1. The average Bonchev–Trinajstić information content (AvgIpc) is 2.96. The molecule has 1 aromatic rings. The molecule has 1 atom stereocenters. The molecule has 0 aliphatic carbocycles. The van der Waals surface area contributed by atoms with E-state index in [0.29, 0.717) is 26.1 Å². The van der Waals surface area contributed by atoms with Crippen molar-refractivity contribution in [2.75, 3.05) is 13.1 Å². The molecule has 3 heterocycles. The van der Waals surface area contributed by atoms with Crippen molar-refractivity contribution in [1.82, 2.24) is 19.7 Å². The Bertz CT molecular complexity index is 500. The van der Waals surface area contributed by atoms with Crippen LogP contribution in [0.25, 0.3) is 0 Å². The van der Waals surface area contributed by atoms with Gasteiger partial charge in [0.05, 0.1) is 6.54 Å². The van der Waals surface area contributed by atoms with Crippen LogP contribution >= 0.6 is 0 Å². The molecule has 19 heavy (non-hydrogen) atoms. The summed E-state index contributed by atoms with van der Waals surface area (Å²) in [5.41, 5.74) is 4.77. The van der Waals surface area contributed by atoms with Gasteiger partial charge in [0.1, 0.15) is 17.2 Å². The van der Waals surface area contributed by atoms with E-state index >= 15 is 0 Å². The minimum atomic E-state index is -1.11. The SMILES string of the molecule is NC1(C(=O)O)CCN(Cc2nnc3n2CCCC3)C1. The molecule has 1 saturated heterocycles. The number of aliphatic carboxylic acids is 1. The van der Waals surface area contributed by atoms with Gasteiger partial charge in [-0.15, -0.1) is 10.2 Å². The molecule has 0 saturated carbocycles. The first-order chi connectivity index (χ1) is 9.08. The van der Waals surface area contributed by atoms with Crippen molar-refractivity contribution in [3.63, 3.8) is 0 Å². The number of nitrogens with zero attached hydrogens (tertiary/aromatic N) is 4. The molecule has 3 rings (SSSR count). The number of likely N-dealkylation sites (tertiary alicyclic amines) is 1. The Morgan fingerprint density at radius 2 is 2.21 bits per heavy atom. The molecule has 0 aromatic carbocycles. The number of carboxylic acid groups (broad SMARTS) is 1. The van der Waals surface area contributed by atoms with Crippen LogP contribution in [0.5, 0.6) is 0 Å². The number of hydrogen-bond acceptors (Lipinski definition) is 5. The molecule has 0 amide bonds. The van der Waals surface area contributed by atoms with Gasteiger partial charge in [0.15, 0.2) is 0 Å². The zero-order valence-corrected chi connectivity index (χ0v) is 10.9. The second kappa shape index (κ2) is 4.57. The summed E-state index contributed by atoms with van der Waals surface area (Å²) >= 11 is 0. The first kappa shape index (κ1) is 12.6. The van der Waals surface area contributed by atoms with Crippen molar-refractivity contribution in [3.8, 4) is 0 Å². The highest BCUT2D eigenvalue weighted by Gasteiger charge is 2.41. The topological polar surface area (TPSA) is 97.3 Å². The minimum Gasteiger partial charge on any atom is -0.480 e. The van der Waals surface area contributed by atoms with Crippen LogP contribution in [0.3, 0.4) is 0 Å². The molecule has 104 valence electrons. The maximum absolute atomic E-state index is 11.1. The zero-order valence-electron chi connectivity index (χ0n) is 10.9. The van der Waals surface area contributed by atoms with Gasteiger partial charge in [0, 0.05) is 26.1 Å². The van der Waals surface area contributed by atoms with E-state index in [1.165, 1.54) is 6.42 Å². The molecule has 0 bridgehead atoms. The molecule has 1 unspecified atom stereocenters. The molecule has 7 nitrogen and oxygen atoms in total. The van der Waals surface area contributed by atoms with E-state index in [1.54, 1.807) is 0 Å². The molecule has 3 N–H and O–H groups in total. The first-order valence-corrected chi connectivity index (χ1v) is 6.74. The number of carboxylic acids is 1. The smallest absolute Gasteiger partial charge is 0.325 e. The van der Waals surface area contributed by atoms with Crippen molar-refractivity contribution >= 4 is 5.97 Å². The number of fused-ring (bicyclic) bond motifs is 1. The average molecular weight is 265 g/mol. The van der Waals surface area contributed by atoms with Crippen LogP contribution in [0.1, 0.15) is 30.9 Å². The summed E-state index contributed by atoms with van der Waals surface area (Å²) in [6.45, 7) is 2.69. The molecular formula is C12H19N5O2. The van der Waals surface area contributed by atoms with Crippen LogP contribution in [0.2, 0.25) is 0 Å². The van der Waals surface area contributed by atoms with Gasteiger partial charge in [-0.1, -0.05) is 0 Å². The van der Waals surface area contributed by atoms with E-state index in [4.69, 9.17) is 10.8 Å². The summed E-state index contributed by atoms with van der Waals surface area (Å²) in [6.07, 6.45) is 3.81. The van der Waals surface area contributed by atoms with Crippen LogP contribution in [0, 0.1) is 0 Å². The van der Waals surface area contributed by atoms with E-state index in [9.17, 15) is 4.79 Å². The van der Waals surface area contributed by atoms with Crippen LogP contribution in [-0.4, -0.2) is 49.4 Å². The molecule has 1 aromatic heterocycles. The van der Waals surface area contributed by atoms with Gasteiger partial charge in [-0.25, -0.2) is 0 Å². The van der Waals surface area contributed by atoms with Crippen LogP contribution in [0.4, 0.5) is 0 Å². The molecule has 7 heteroatoms. The fourth-order valence-corrected chi connectivity index (χ4v) is 2.91. The maximum Gasteiger partial charge on any atom is 0.325 e. The molecule has 0 radical (unpaired) electrons. The number of aromatic nitrogens is 3. The van der Waals surface area contributed by atoms with Gasteiger partial charge in [0.2, 0.25) is 0 Å². The van der Waals surface area contributed by atoms with E-state index < -0.39 is 11.5 Å². The number of hydrogen-bond donors (Lipinski definition) is 2. The fourth-order valence-electron chi connectivity index (χ4n) is 2.91. The summed E-state index contributed by atoms with van der Waals surface area (Å²) in [7, 11) is 0. The summed E-state index contributed by atoms with van der Waals surface area (Å²) in [5.74, 6) is 1.07. The highest BCUT2D eigenvalue weighted by Crippen LogP contribution is 2.22. The number of rotatable bonds is 3. The Morgan fingerprint density at radius 1 is 1.37 bits per heavy atom. The van der Waals surface area contributed by atoms with Gasteiger partial charge >= 0.3 is 5.97 Å². The molecule has 0 spiro atoms. The Labute approximate surface area is 111 Å². The summed E-state index contributed by atoms with van der Waals surface area (Å²) in [4.78, 5) is 13.2. The third-order valence-corrected chi connectivity index (χ3v) is 4.11. The fraction of sp³-hybridized carbons (Fsp3) is 0.750. The van der Waals surface area contributed by atoms with E-state index in [0.717, 1.165) is 31.0 Å². The third-order valence-electron chi connectivity index (χ3n) is 4.11. The minimum absolute atomic E-state index is 0.379. The van der Waals surface area contributed by atoms with Crippen molar-refractivity contribution in [1.29, 1.82) is 0 Å². The predicted molar refractivity (Wildman–Crippen MR) is 67.4 cm³/mol. The van der Waals surface area contributed by atoms with Crippen molar-refractivity contribution in [2.24, 2.45) is 5.73 Å². The lowest BCUT2D eigenvalue weighted by molar-refractivity contribution is -0.142. The molecule has 2 aliphatic rings. The lowest BCUT2D eigenvalue weighted by Crippen LogP contribution is -2.50.